The first-order valence-corrected chi connectivity index (χ1v) is 10.6. The summed E-state index contributed by atoms with van der Waals surface area (Å²) in [5, 5.41) is 3.60. The molecule has 1 spiro atoms. The molecule has 0 saturated carbocycles. The van der Waals surface area contributed by atoms with Gasteiger partial charge in [0.15, 0.2) is 0 Å². The fourth-order valence-corrected chi connectivity index (χ4v) is 4.46. The fraction of sp³-hybridized carbons (Fsp3) is 0.304. The molecule has 0 unspecified atom stereocenters. The summed E-state index contributed by atoms with van der Waals surface area (Å²) in [5.74, 6) is -0.765. The number of hydrogen-bond acceptors (Lipinski definition) is 4. The van der Waals surface area contributed by atoms with E-state index in [0.29, 0.717) is 39.7 Å². The van der Waals surface area contributed by atoms with Crippen molar-refractivity contribution in [3.8, 4) is 0 Å². The van der Waals surface area contributed by atoms with Crippen LogP contribution in [0.1, 0.15) is 25.3 Å². The van der Waals surface area contributed by atoms with Crippen LogP contribution in [0.3, 0.4) is 0 Å². The molecule has 0 aromatic heterocycles. The van der Waals surface area contributed by atoms with Crippen LogP contribution in [-0.4, -0.2) is 35.5 Å². The molecule has 2 heterocycles. The Balaban J connectivity index is 1.50. The lowest BCUT2D eigenvalue weighted by molar-refractivity contribution is -0.150. The Morgan fingerprint density at radius 1 is 1.10 bits per heavy atom. The molecule has 2 aliphatic rings. The summed E-state index contributed by atoms with van der Waals surface area (Å²) in [4.78, 5) is 27.8. The van der Waals surface area contributed by atoms with Crippen LogP contribution >= 0.6 is 23.2 Å². The lowest BCUT2D eigenvalue weighted by Crippen LogP contribution is -2.47. The van der Waals surface area contributed by atoms with E-state index in [2.05, 4.69) is 22.3 Å². The number of esters is 1. The molecule has 5 nitrogen and oxygen atoms in total. The number of nitrogens with one attached hydrogen (secondary N) is 1. The van der Waals surface area contributed by atoms with Crippen LogP contribution in [0.25, 0.3) is 0 Å². The highest BCUT2D eigenvalue weighted by Gasteiger charge is 2.50. The zero-order valence-electron chi connectivity index (χ0n) is 16.6. The molecule has 4 rings (SSSR count). The average Bonchev–Trinajstić information content (AvgIpc) is 2.97. The molecule has 1 amide bonds. The second-order valence-corrected chi connectivity index (χ2v) is 8.54. The van der Waals surface area contributed by atoms with Gasteiger partial charge in [0.25, 0.3) is 5.91 Å². The van der Waals surface area contributed by atoms with E-state index in [1.165, 1.54) is 5.56 Å². The van der Waals surface area contributed by atoms with Crippen LogP contribution in [0.2, 0.25) is 10.0 Å². The van der Waals surface area contributed by atoms with Crippen molar-refractivity contribution in [3.63, 3.8) is 0 Å². The SMILES string of the molecule is CC1=C(C(=O)Nc2ccc(Cl)c(Cl)c2)C2(CCN(Cc3ccccc3)CC2)OC1=O. The summed E-state index contributed by atoms with van der Waals surface area (Å²) >= 11 is 12.0. The molecule has 2 aliphatic heterocycles. The number of carbonyl (C=O) groups excluding carboxylic acids is 2. The standard InChI is InChI=1S/C23H22Cl2N2O3/c1-15-20(21(28)26-17-7-8-18(24)19(25)13-17)23(30-22(15)29)9-11-27(12-10-23)14-16-5-3-2-4-6-16/h2-8,13H,9-12,14H2,1H3,(H,26,28). The minimum absolute atomic E-state index is 0.340. The van der Waals surface area contributed by atoms with E-state index in [4.69, 9.17) is 27.9 Å². The number of carbonyl (C=O) groups is 2. The zero-order chi connectivity index (χ0) is 21.3. The van der Waals surface area contributed by atoms with Crippen molar-refractivity contribution in [2.45, 2.75) is 31.9 Å². The van der Waals surface area contributed by atoms with Crippen molar-refractivity contribution in [1.82, 2.24) is 4.90 Å². The van der Waals surface area contributed by atoms with Gasteiger partial charge in [-0.25, -0.2) is 4.79 Å². The summed E-state index contributed by atoms with van der Waals surface area (Å²) < 4.78 is 5.77. The molecule has 2 aromatic rings. The normalized spacial score (nSPS) is 18.6. The summed E-state index contributed by atoms with van der Waals surface area (Å²) in [6.07, 6.45) is 1.15. The number of likely N-dealkylation sites (tertiary alicyclic amines) is 1. The number of hydrogen-bond donors (Lipinski definition) is 1. The minimum atomic E-state index is -0.880. The largest absolute Gasteiger partial charge is 0.450 e. The van der Waals surface area contributed by atoms with E-state index in [1.54, 1.807) is 25.1 Å². The van der Waals surface area contributed by atoms with Gasteiger partial charge >= 0.3 is 5.97 Å². The van der Waals surface area contributed by atoms with Gasteiger partial charge in [0, 0.05) is 43.7 Å². The number of rotatable bonds is 4. The Hall–Kier alpha value is -2.34. The summed E-state index contributed by atoms with van der Waals surface area (Å²) in [7, 11) is 0. The third-order valence-electron chi connectivity index (χ3n) is 5.74. The maximum absolute atomic E-state index is 13.1. The molecule has 156 valence electrons. The Labute approximate surface area is 185 Å². The number of halogens is 2. The number of benzene rings is 2. The Morgan fingerprint density at radius 2 is 1.80 bits per heavy atom. The van der Waals surface area contributed by atoms with Crippen molar-refractivity contribution >= 4 is 40.8 Å². The summed E-state index contributed by atoms with van der Waals surface area (Å²) in [6.45, 7) is 3.95. The molecule has 0 aliphatic carbocycles. The topological polar surface area (TPSA) is 58.6 Å². The van der Waals surface area contributed by atoms with Crippen LogP contribution < -0.4 is 5.32 Å². The first kappa shape index (κ1) is 20.9. The average molecular weight is 445 g/mol. The van der Waals surface area contributed by atoms with Crippen molar-refractivity contribution < 1.29 is 14.3 Å². The number of anilines is 1. The predicted molar refractivity (Wildman–Crippen MR) is 118 cm³/mol. The quantitative estimate of drug-likeness (QED) is 0.685. The monoisotopic (exact) mass is 444 g/mol. The molecule has 7 heteroatoms. The Bertz CT molecular complexity index is 1010. The van der Waals surface area contributed by atoms with Crippen molar-refractivity contribution in [3.05, 3.63) is 75.3 Å². The second-order valence-electron chi connectivity index (χ2n) is 7.73. The van der Waals surface area contributed by atoms with E-state index in [-0.39, 0.29) is 5.91 Å². The zero-order valence-corrected chi connectivity index (χ0v) is 18.1. The van der Waals surface area contributed by atoms with Crippen molar-refractivity contribution in [2.75, 3.05) is 18.4 Å². The van der Waals surface area contributed by atoms with Crippen molar-refractivity contribution in [2.24, 2.45) is 0 Å². The van der Waals surface area contributed by atoms with E-state index in [0.717, 1.165) is 19.6 Å². The van der Waals surface area contributed by atoms with E-state index in [9.17, 15) is 9.59 Å². The molecular weight excluding hydrogens is 423 g/mol. The van der Waals surface area contributed by atoms with E-state index >= 15 is 0 Å². The Kier molecular flexibility index (Phi) is 5.87. The van der Waals surface area contributed by atoms with Crippen LogP contribution in [0.5, 0.6) is 0 Å². The molecule has 2 aromatic carbocycles. The number of nitrogens with zero attached hydrogens (tertiary/aromatic N) is 1. The summed E-state index contributed by atoms with van der Waals surface area (Å²) in [6, 6.07) is 15.1. The van der Waals surface area contributed by atoms with E-state index in [1.807, 2.05) is 18.2 Å². The smallest absolute Gasteiger partial charge is 0.335 e. The predicted octanol–water partition coefficient (Wildman–Crippen LogP) is 4.84. The van der Waals surface area contributed by atoms with Crippen LogP contribution in [0, 0.1) is 0 Å². The number of amides is 1. The van der Waals surface area contributed by atoms with Gasteiger partial charge in [-0.1, -0.05) is 53.5 Å². The highest BCUT2D eigenvalue weighted by Crippen LogP contribution is 2.41. The van der Waals surface area contributed by atoms with Crippen molar-refractivity contribution in [1.29, 1.82) is 0 Å². The lowest BCUT2D eigenvalue weighted by atomic mass is 9.82. The van der Waals surface area contributed by atoms with Gasteiger partial charge in [-0.3, -0.25) is 9.69 Å². The van der Waals surface area contributed by atoms with Crippen LogP contribution in [0.4, 0.5) is 5.69 Å². The lowest BCUT2D eigenvalue weighted by Gasteiger charge is -2.39. The van der Waals surface area contributed by atoms with E-state index < -0.39 is 11.6 Å². The van der Waals surface area contributed by atoms with Gasteiger partial charge in [-0.05, 0) is 30.7 Å². The highest BCUT2D eigenvalue weighted by atomic mass is 35.5. The molecule has 30 heavy (non-hydrogen) atoms. The first-order chi connectivity index (χ1) is 14.4. The van der Waals surface area contributed by atoms with Gasteiger partial charge in [-0.2, -0.15) is 0 Å². The van der Waals surface area contributed by atoms with Crippen LogP contribution in [0.15, 0.2) is 59.7 Å². The van der Waals surface area contributed by atoms with Gasteiger partial charge in [-0.15, -0.1) is 0 Å². The highest BCUT2D eigenvalue weighted by molar-refractivity contribution is 6.42. The summed E-state index contributed by atoms with van der Waals surface area (Å²) in [5.41, 5.74) is 1.66. The molecular formula is C23H22Cl2N2O3. The molecule has 0 radical (unpaired) electrons. The number of piperidine rings is 1. The first-order valence-electron chi connectivity index (χ1n) is 9.85. The van der Waals surface area contributed by atoms with Gasteiger partial charge < -0.3 is 10.1 Å². The second kappa shape index (κ2) is 8.42. The van der Waals surface area contributed by atoms with Crippen LogP contribution in [-0.2, 0) is 20.9 Å². The third-order valence-corrected chi connectivity index (χ3v) is 6.48. The van der Waals surface area contributed by atoms with Gasteiger partial charge in [0.05, 0.1) is 15.6 Å². The minimum Gasteiger partial charge on any atom is -0.450 e. The molecule has 0 atom stereocenters. The molecule has 0 bridgehead atoms. The maximum Gasteiger partial charge on any atom is 0.335 e. The van der Waals surface area contributed by atoms with Gasteiger partial charge in [0.2, 0.25) is 0 Å². The molecule has 1 N–H and O–H groups in total. The molecule has 1 saturated heterocycles. The third kappa shape index (κ3) is 4.10. The maximum atomic E-state index is 13.1. The Morgan fingerprint density at radius 3 is 2.47 bits per heavy atom. The molecule has 1 fully saturated rings. The van der Waals surface area contributed by atoms with Gasteiger partial charge in [0.1, 0.15) is 5.60 Å². The number of ether oxygens (including phenoxy) is 1. The fourth-order valence-electron chi connectivity index (χ4n) is 4.16.